The van der Waals surface area contributed by atoms with Gasteiger partial charge in [0.25, 0.3) is 0 Å². The predicted octanol–water partition coefficient (Wildman–Crippen LogP) is 1.88. The fourth-order valence-corrected chi connectivity index (χ4v) is 1.27. The van der Waals surface area contributed by atoms with Gasteiger partial charge in [0.1, 0.15) is 5.75 Å². The van der Waals surface area contributed by atoms with Crippen molar-refractivity contribution in [3.63, 3.8) is 0 Å². The highest BCUT2D eigenvalue weighted by molar-refractivity contribution is 5.97. The largest absolute Gasteiger partial charge is 0.494 e. The maximum atomic E-state index is 11.6. The van der Waals surface area contributed by atoms with E-state index in [1.54, 1.807) is 6.07 Å². The van der Waals surface area contributed by atoms with Gasteiger partial charge in [-0.25, -0.2) is 0 Å². The number of carbonyl (C=O) groups is 1. The van der Waals surface area contributed by atoms with Crippen LogP contribution in [0.3, 0.4) is 0 Å². The van der Waals surface area contributed by atoms with Crippen LogP contribution < -0.4 is 10.1 Å². The summed E-state index contributed by atoms with van der Waals surface area (Å²) in [5, 5.41) is 3.01. The third kappa shape index (κ3) is 3.72. The Labute approximate surface area is 90.4 Å². The zero-order valence-electron chi connectivity index (χ0n) is 9.25. The van der Waals surface area contributed by atoms with Crippen molar-refractivity contribution in [3.05, 3.63) is 29.8 Å². The van der Waals surface area contributed by atoms with Crippen molar-refractivity contribution in [2.45, 2.75) is 13.8 Å². The van der Waals surface area contributed by atoms with Crippen LogP contribution in [0.15, 0.2) is 24.3 Å². The Morgan fingerprint density at radius 2 is 2.20 bits per heavy atom. The van der Waals surface area contributed by atoms with E-state index in [0.29, 0.717) is 18.7 Å². The molecule has 0 amide bonds. The molecule has 0 saturated carbocycles. The molecule has 0 unspecified atom stereocenters. The molecule has 0 aliphatic carbocycles. The first-order chi connectivity index (χ1) is 7.27. The minimum Gasteiger partial charge on any atom is -0.494 e. The van der Waals surface area contributed by atoms with Crippen LogP contribution in [-0.2, 0) is 0 Å². The van der Waals surface area contributed by atoms with Gasteiger partial charge in [0.2, 0.25) is 0 Å². The number of ether oxygens (including phenoxy) is 1. The van der Waals surface area contributed by atoms with Crippen LogP contribution in [0.5, 0.6) is 5.75 Å². The van der Waals surface area contributed by atoms with Gasteiger partial charge < -0.3 is 10.1 Å². The Kier molecular flexibility index (Phi) is 4.84. The fourth-order valence-electron chi connectivity index (χ4n) is 1.27. The van der Waals surface area contributed by atoms with E-state index in [4.69, 9.17) is 4.74 Å². The summed E-state index contributed by atoms with van der Waals surface area (Å²) in [6.45, 7) is 5.70. The molecule has 1 N–H and O–H groups in total. The molecule has 3 nitrogen and oxygen atoms in total. The molecule has 3 heteroatoms. The van der Waals surface area contributed by atoms with E-state index in [0.717, 1.165) is 12.3 Å². The Morgan fingerprint density at radius 3 is 2.87 bits per heavy atom. The minimum absolute atomic E-state index is 0.0957. The van der Waals surface area contributed by atoms with Crippen LogP contribution in [0.1, 0.15) is 24.2 Å². The van der Waals surface area contributed by atoms with Crippen molar-refractivity contribution in [1.82, 2.24) is 5.32 Å². The number of ketones is 1. The third-order valence-electron chi connectivity index (χ3n) is 2.00. The highest BCUT2D eigenvalue weighted by atomic mass is 16.5. The van der Waals surface area contributed by atoms with Crippen molar-refractivity contribution < 1.29 is 9.53 Å². The summed E-state index contributed by atoms with van der Waals surface area (Å²) in [6.07, 6.45) is 0. The Hall–Kier alpha value is -1.35. The van der Waals surface area contributed by atoms with Crippen molar-refractivity contribution >= 4 is 5.78 Å². The number of rotatable bonds is 6. The first kappa shape index (κ1) is 11.7. The molecule has 0 aliphatic rings. The molecule has 1 rings (SSSR count). The number of hydrogen-bond donors (Lipinski definition) is 1. The number of likely N-dealkylation sites (N-methyl/N-ethyl adjacent to an activating group) is 1. The van der Waals surface area contributed by atoms with Gasteiger partial charge in [-0.1, -0.05) is 19.1 Å². The molecule has 0 aliphatic heterocycles. The molecule has 15 heavy (non-hydrogen) atoms. The van der Waals surface area contributed by atoms with E-state index in [2.05, 4.69) is 5.32 Å². The SMILES string of the molecule is CCNCC(=O)c1cccc(OCC)c1. The number of carbonyl (C=O) groups excluding carboxylic acids is 1. The molecule has 0 fully saturated rings. The summed E-state index contributed by atoms with van der Waals surface area (Å²) in [7, 11) is 0. The van der Waals surface area contributed by atoms with Crippen LogP contribution in [0.25, 0.3) is 0 Å². The molecule has 1 aromatic carbocycles. The highest BCUT2D eigenvalue weighted by Crippen LogP contribution is 2.13. The molecule has 0 bridgehead atoms. The van der Waals surface area contributed by atoms with Gasteiger partial charge in [-0.2, -0.15) is 0 Å². The highest BCUT2D eigenvalue weighted by Gasteiger charge is 2.05. The van der Waals surface area contributed by atoms with Crippen LogP contribution in [-0.4, -0.2) is 25.5 Å². The van der Waals surface area contributed by atoms with Crippen LogP contribution in [0, 0.1) is 0 Å². The second-order valence-electron chi connectivity index (χ2n) is 3.16. The standard InChI is InChI=1S/C12H17NO2/c1-3-13-9-12(14)10-6-5-7-11(8-10)15-4-2/h5-8,13H,3-4,9H2,1-2H3. The minimum atomic E-state index is 0.0957. The molecule has 0 spiro atoms. The van der Waals surface area contributed by atoms with E-state index in [-0.39, 0.29) is 5.78 Å². The maximum Gasteiger partial charge on any atom is 0.176 e. The topological polar surface area (TPSA) is 38.3 Å². The number of nitrogens with one attached hydrogen (secondary N) is 1. The van der Waals surface area contributed by atoms with Gasteiger partial charge in [-0.05, 0) is 25.6 Å². The van der Waals surface area contributed by atoms with Crippen LogP contribution in [0.4, 0.5) is 0 Å². The lowest BCUT2D eigenvalue weighted by atomic mass is 10.1. The lowest BCUT2D eigenvalue weighted by molar-refractivity contribution is 0.0991. The van der Waals surface area contributed by atoms with Crippen molar-refractivity contribution in [2.24, 2.45) is 0 Å². The Bertz CT molecular complexity index is 323. The maximum absolute atomic E-state index is 11.6. The van der Waals surface area contributed by atoms with Crippen LogP contribution in [0.2, 0.25) is 0 Å². The van der Waals surface area contributed by atoms with Crippen LogP contribution >= 0.6 is 0 Å². The molecular weight excluding hydrogens is 190 g/mol. The second-order valence-corrected chi connectivity index (χ2v) is 3.16. The summed E-state index contributed by atoms with van der Waals surface area (Å²) in [4.78, 5) is 11.6. The van der Waals surface area contributed by atoms with E-state index in [1.165, 1.54) is 0 Å². The Morgan fingerprint density at radius 1 is 1.40 bits per heavy atom. The summed E-state index contributed by atoms with van der Waals surface area (Å²) < 4.78 is 5.33. The summed E-state index contributed by atoms with van der Waals surface area (Å²) in [6, 6.07) is 7.28. The summed E-state index contributed by atoms with van der Waals surface area (Å²) in [5.41, 5.74) is 0.696. The van der Waals surface area contributed by atoms with Gasteiger partial charge in [-0.15, -0.1) is 0 Å². The van der Waals surface area contributed by atoms with Gasteiger partial charge in [0, 0.05) is 5.56 Å². The average Bonchev–Trinajstić information content (AvgIpc) is 2.27. The monoisotopic (exact) mass is 207 g/mol. The Balaban J connectivity index is 2.67. The lowest BCUT2D eigenvalue weighted by Crippen LogP contribution is -2.22. The molecule has 0 atom stereocenters. The lowest BCUT2D eigenvalue weighted by Gasteiger charge is -2.05. The fraction of sp³-hybridized carbons (Fsp3) is 0.417. The van der Waals surface area contributed by atoms with Gasteiger partial charge in [0.05, 0.1) is 13.2 Å². The second kappa shape index (κ2) is 6.19. The smallest absolute Gasteiger partial charge is 0.176 e. The van der Waals surface area contributed by atoms with E-state index >= 15 is 0 Å². The van der Waals surface area contributed by atoms with Crippen molar-refractivity contribution in [2.75, 3.05) is 19.7 Å². The quantitative estimate of drug-likeness (QED) is 0.724. The molecule has 0 saturated heterocycles. The average molecular weight is 207 g/mol. The number of hydrogen-bond acceptors (Lipinski definition) is 3. The zero-order chi connectivity index (χ0) is 11.1. The van der Waals surface area contributed by atoms with Gasteiger partial charge in [0.15, 0.2) is 5.78 Å². The normalized spacial score (nSPS) is 10.0. The third-order valence-corrected chi connectivity index (χ3v) is 2.00. The molecular formula is C12H17NO2. The van der Waals surface area contributed by atoms with E-state index < -0.39 is 0 Å². The first-order valence-corrected chi connectivity index (χ1v) is 5.24. The zero-order valence-corrected chi connectivity index (χ0v) is 9.25. The predicted molar refractivity (Wildman–Crippen MR) is 60.5 cm³/mol. The molecule has 0 aromatic heterocycles. The first-order valence-electron chi connectivity index (χ1n) is 5.24. The van der Waals surface area contributed by atoms with E-state index in [9.17, 15) is 4.79 Å². The molecule has 1 aromatic rings. The number of benzene rings is 1. The van der Waals surface area contributed by atoms with Crippen molar-refractivity contribution in [1.29, 1.82) is 0 Å². The van der Waals surface area contributed by atoms with E-state index in [1.807, 2.05) is 32.0 Å². The summed E-state index contributed by atoms with van der Waals surface area (Å²) >= 11 is 0. The molecule has 82 valence electrons. The van der Waals surface area contributed by atoms with Gasteiger partial charge >= 0.3 is 0 Å². The molecule has 0 radical (unpaired) electrons. The van der Waals surface area contributed by atoms with Gasteiger partial charge in [-0.3, -0.25) is 4.79 Å². The van der Waals surface area contributed by atoms with Crippen molar-refractivity contribution in [3.8, 4) is 5.75 Å². The number of Topliss-reactive ketones (excluding diaryl/α,β-unsaturated/α-hetero) is 1. The summed E-state index contributed by atoms with van der Waals surface area (Å²) in [5.74, 6) is 0.846. The molecule has 0 heterocycles.